The number of aromatic nitrogens is 2. The first-order valence-corrected chi connectivity index (χ1v) is 9.21. The number of amides is 1. The highest BCUT2D eigenvalue weighted by molar-refractivity contribution is 5.95. The van der Waals surface area contributed by atoms with Crippen LogP contribution in [0, 0.1) is 24.0 Å². The molecule has 0 bridgehead atoms. The van der Waals surface area contributed by atoms with Gasteiger partial charge in [0.25, 0.3) is 11.6 Å². The van der Waals surface area contributed by atoms with Crippen molar-refractivity contribution in [1.82, 2.24) is 15.1 Å². The van der Waals surface area contributed by atoms with E-state index in [2.05, 4.69) is 15.7 Å². The molecule has 0 aliphatic heterocycles. The summed E-state index contributed by atoms with van der Waals surface area (Å²) in [6.07, 6.45) is 0. The maximum atomic E-state index is 11.8. The minimum atomic E-state index is -0.493. The molecule has 0 aliphatic carbocycles. The number of carbonyl (C=O) groups excluding carboxylic acids is 1. The molecule has 3 aromatic rings. The predicted octanol–water partition coefficient (Wildman–Crippen LogP) is 3.93. The second-order valence-corrected chi connectivity index (χ2v) is 6.86. The van der Waals surface area contributed by atoms with E-state index in [1.807, 2.05) is 55.8 Å². The summed E-state index contributed by atoms with van der Waals surface area (Å²) in [5, 5.41) is 21.6. The maximum absolute atomic E-state index is 11.8. The summed E-state index contributed by atoms with van der Waals surface area (Å²) in [5.74, 6) is -0.368. The summed E-state index contributed by atoms with van der Waals surface area (Å²) in [6.45, 7) is 5.88. The zero-order chi connectivity index (χ0) is 21.1. The van der Waals surface area contributed by atoms with E-state index in [1.165, 1.54) is 13.1 Å². The van der Waals surface area contributed by atoms with Gasteiger partial charge >= 0.3 is 0 Å². The van der Waals surface area contributed by atoms with E-state index >= 15 is 0 Å². The maximum Gasteiger partial charge on any atom is 0.293 e. The van der Waals surface area contributed by atoms with Crippen LogP contribution in [0.5, 0.6) is 0 Å². The van der Waals surface area contributed by atoms with Gasteiger partial charge < -0.3 is 10.6 Å². The molecule has 1 atom stereocenters. The Morgan fingerprint density at radius 2 is 1.83 bits per heavy atom. The van der Waals surface area contributed by atoms with Gasteiger partial charge in [-0.2, -0.15) is 5.10 Å². The number of rotatable bonds is 6. The molecule has 1 heterocycles. The van der Waals surface area contributed by atoms with Crippen molar-refractivity contribution in [3.05, 3.63) is 81.2 Å². The van der Waals surface area contributed by atoms with Gasteiger partial charge in [-0.15, -0.1) is 0 Å². The van der Waals surface area contributed by atoms with Crippen molar-refractivity contribution in [3.8, 4) is 5.69 Å². The number of anilines is 1. The van der Waals surface area contributed by atoms with Gasteiger partial charge in [-0.1, -0.05) is 12.1 Å². The lowest BCUT2D eigenvalue weighted by atomic mass is 10.1. The van der Waals surface area contributed by atoms with E-state index in [0.29, 0.717) is 5.69 Å². The van der Waals surface area contributed by atoms with Crippen LogP contribution in [0.15, 0.2) is 48.5 Å². The largest absolute Gasteiger partial charge is 0.373 e. The summed E-state index contributed by atoms with van der Waals surface area (Å²) in [6, 6.07) is 14.1. The van der Waals surface area contributed by atoms with Crippen LogP contribution in [0.3, 0.4) is 0 Å². The SMILES string of the molecule is CNC(=O)c1ccc(NC(C)c2ccc(-n3nc(C)cc3C)cc2)c([N+](=O)[O-])c1. The lowest BCUT2D eigenvalue weighted by Crippen LogP contribution is -2.18. The number of benzene rings is 2. The zero-order valence-corrected chi connectivity index (χ0v) is 16.8. The first-order chi connectivity index (χ1) is 13.8. The number of nitro benzene ring substituents is 1. The normalized spacial score (nSPS) is 11.7. The standard InChI is InChI=1S/C21H23N5O3/c1-13-11-14(2)25(24-13)18-8-5-16(6-9-18)15(3)23-19-10-7-17(21(27)22-4)12-20(19)26(28)29/h5-12,15,23H,1-4H3,(H,22,27). The molecule has 1 aromatic heterocycles. The fourth-order valence-electron chi connectivity index (χ4n) is 3.20. The molecular weight excluding hydrogens is 370 g/mol. The monoisotopic (exact) mass is 393 g/mol. The average molecular weight is 393 g/mol. The second-order valence-electron chi connectivity index (χ2n) is 6.86. The van der Waals surface area contributed by atoms with Crippen molar-refractivity contribution in [3.63, 3.8) is 0 Å². The number of hydrogen-bond donors (Lipinski definition) is 2. The lowest BCUT2D eigenvalue weighted by molar-refractivity contribution is -0.384. The number of carbonyl (C=O) groups is 1. The highest BCUT2D eigenvalue weighted by Gasteiger charge is 2.19. The summed E-state index contributed by atoms with van der Waals surface area (Å²) in [7, 11) is 1.48. The quantitative estimate of drug-likeness (QED) is 0.488. The first-order valence-electron chi connectivity index (χ1n) is 9.21. The molecule has 0 radical (unpaired) electrons. The van der Waals surface area contributed by atoms with E-state index in [0.717, 1.165) is 22.6 Å². The van der Waals surface area contributed by atoms with Gasteiger partial charge in [0.15, 0.2) is 0 Å². The van der Waals surface area contributed by atoms with E-state index in [1.54, 1.807) is 12.1 Å². The molecule has 0 saturated heterocycles. The Bertz CT molecular complexity index is 1060. The van der Waals surface area contributed by atoms with Gasteiger partial charge in [-0.25, -0.2) is 4.68 Å². The molecular formula is C21H23N5O3. The Labute approximate surface area is 168 Å². The third-order valence-electron chi connectivity index (χ3n) is 4.70. The molecule has 2 aromatic carbocycles. The molecule has 8 heteroatoms. The van der Waals surface area contributed by atoms with E-state index in [9.17, 15) is 14.9 Å². The highest BCUT2D eigenvalue weighted by atomic mass is 16.6. The Kier molecular flexibility index (Phi) is 5.63. The molecule has 0 saturated carbocycles. The van der Waals surface area contributed by atoms with Crippen LogP contribution in [0.1, 0.15) is 40.3 Å². The topological polar surface area (TPSA) is 102 Å². The predicted molar refractivity (Wildman–Crippen MR) is 112 cm³/mol. The second kappa shape index (κ2) is 8.14. The van der Waals surface area contributed by atoms with Crippen LogP contribution in [0.25, 0.3) is 5.69 Å². The van der Waals surface area contributed by atoms with Gasteiger partial charge in [0, 0.05) is 30.4 Å². The van der Waals surface area contributed by atoms with Crippen molar-refractivity contribution in [2.24, 2.45) is 0 Å². The molecule has 150 valence electrons. The summed E-state index contributed by atoms with van der Waals surface area (Å²) < 4.78 is 1.87. The minimum Gasteiger partial charge on any atom is -0.373 e. The summed E-state index contributed by atoms with van der Waals surface area (Å²) >= 11 is 0. The smallest absolute Gasteiger partial charge is 0.293 e. The molecule has 3 rings (SSSR count). The van der Waals surface area contributed by atoms with E-state index < -0.39 is 4.92 Å². The van der Waals surface area contributed by atoms with E-state index in [4.69, 9.17) is 0 Å². The molecule has 1 amide bonds. The van der Waals surface area contributed by atoms with Crippen LogP contribution in [-0.2, 0) is 0 Å². The number of nitro groups is 1. The third kappa shape index (κ3) is 4.26. The molecule has 29 heavy (non-hydrogen) atoms. The number of nitrogens with zero attached hydrogens (tertiary/aromatic N) is 3. The van der Waals surface area contributed by atoms with Crippen LogP contribution >= 0.6 is 0 Å². The third-order valence-corrected chi connectivity index (χ3v) is 4.70. The first kappa shape index (κ1) is 20.1. The van der Waals surface area contributed by atoms with Crippen LogP contribution in [-0.4, -0.2) is 27.7 Å². The van der Waals surface area contributed by atoms with Gasteiger partial charge in [0.05, 0.1) is 16.3 Å². The Morgan fingerprint density at radius 3 is 2.38 bits per heavy atom. The van der Waals surface area contributed by atoms with Crippen molar-refractivity contribution < 1.29 is 9.72 Å². The molecule has 8 nitrogen and oxygen atoms in total. The van der Waals surface area contributed by atoms with E-state index in [-0.39, 0.29) is 23.2 Å². The van der Waals surface area contributed by atoms with Crippen molar-refractivity contribution in [1.29, 1.82) is 0 Å². The van der Waals surface area contributed by atoms with Crippen molar-refractivity contribution >= 4 is 17.3 Å². The fraction of sp³-hybridized carbons (Fsp3) is 0.238. The molecule has 2 N–H and O–H groups in total. The van der Waals surface area contributed by atoms with Gasteiger partial charge in [0.1, 0.15) is 5.69 Å². The number of aryl methyl sites for hydroxylation is 2. The lowest BCUT2D eigenvalue weighted by Gasteiger charge is -2.17. The molecule has 0 aliphatic rings. The van der Waals surface area contributed by atoms with Crippen molar-refractivity contribution in [2.75, 3.05) is 12.4 Å². The van der Waals surface area contributed by atoms with Gasteiger partial charge in [-0.05, 0) is 56.7 Å². The van der Waals surface area contributed by atoms with Gasteiger partial charge in [0.2, 0.25) is 0 Å². The molecule has 1 unspecified atom stereocenters. The Hall–Kier alpha value is -3.68. The Morgan fingerprint density at radius 1 is 1.14 bits per heavy atom. The average Bonchev–Trinajstić information content (AvgIpc) is 3.05. The summed E-state index contributed by atoms with van der Waals surface area (Å²) in [5.41, 5.74) is 4.39. The molecule has 0 spiro atoms. The molecule has 0 fully saturated rings. The number of nitrogens with one attached hydrogen (secondary N) is 2. The van der Waals surface area contributed by atoms with Gasteiger partial charge in [-0.3, -0.25) is 14.9 Å². The van der Waals surface area contributed by atoms with Crippen LogP contribution < -0.4 is 10.6 Å². The zero-order valence-electron chi connectivity index (χ0n) is 16.8. The minimum absolute atomic E-state index is 0.141. The van der Waals surface area contributed by atoms with Crippen LogP contribution in [0.4, 0.5) is 11.4 Å². The fourth-order valence-corrected chi connectivity index (χ4v) is 3.20. The summed E-state index contributed by atoms with van der Waals surface area (Å²) in [4.78, 5) is 22.7. The van der Waals surface area contributed by atoms with Crippen LogP contribution in [0.2, 0.25) is 0 Å². The van der Waals surface area contributed by atoms with Crippen molar-refractivity contribution in [2.45, 2.75) is 26.8 Å². The highest BCUT2D eigenvalue weighted by Crippen LogP contribution is 2.29. The Balaban J connectivity index is 1.83. The number of hydrogen-bond acceptors (Lipinski definition) is 5.